The molecule has 0 spiro atoms. The molecular formula is C23H24N2O10. The molecule has 8 N–H and O–H groups in total. The molecule has 12 heteroatoms. The maximum absolute atomic E-state index is 13.8. The van der Waals surface area contributed by atoms with Gasteiger partial charge in [-0.05, 0) is 31.6 Å². The minimum atomic E-state index is -3.02. The van der Waals surface area contributed by atoms with Crippen molar-refractivity contribution in [2.45, 2.75) is 30.6 Å². The number of carbonyl (C=O) groups excluding carboxylic acids is 3. The number of hydrogen-bond donors (Lipinski definition) is 7. The van der Waals surface area contributed by atoms with Crippen LogP contribution in [0.5, 0.6) is 5.75 Å². The molecule has 6 atom stereocenters. The molecule has 1 saturated carbocycles. The smallest absolute Gasteiger partial charge is 0.339 e. The molecule has 3 aliphatic rings. The fourth-order valence-corrected chi connectivity index (χ4v) is 5.79. The van der Waals surface area contributed by atoms with Gasteiger partial charge in [-0.3, -0.25) is 19.3 Å². The first-order valence-electron chi connectivity index (χ1n) is 10.6. The molecule has 0 bridgehead atoms. The molecule has 186 valence electrons. The quantitative estimate of drug-likeness (QED) is 0.261. The SMILES string of the molecule is CC1c2ccc(C(=O)O)c(O)c2C(O)=C2C(=O)[C@]3(O)C(O)=C(C(N)=O)C(=O)[C@@H](N(C)C)C3[C@@H](O)C21. The van der Waals surface area contributed by atoms with Crippen LogP contribution < -0.4 is 5.73 Å². The molecule has 3 unspecified atom stereocenters. The van der Waals surface area contributed by atoms with Crippen LogP contribution in [0.15, 0.2) is 29.0 Å². The van der Waals surface area contributed by atoms with Gasteiger partial charge in [0.15, 0.2) is 11.4 Å². The van der Waals surface area contributed by atoms with Gasteiger partial charge in [-0.2, -0.15) is 0 Å². The van der Waals surface area contributed by atoms with E-state index in [1.807, 2.05) is 0 Å². The highest BCUT2D eigenvalue weighted by molar-refractivity contribution is 6.24. The number of benzene rings is 1. The van der Waals surface area contributed by atoms with Gasteiger partial charge < -0.3 is 36.4 Å². The first-order chi connectivity index (χ1) is 16.2. The predicted molar refractivity (Wildman–Crippen MR) is 117 cm³/mol. The zero-order valence-electron chi connectivity index (χ0n) is 18.9. The Kier molecular flexibility index (Phi) is 5.32. The van der Waals surface area contributed by atoms with Crippen molar-refractivity contribution in [3.63, 3.8) is 0 Å². The van der Waals surface area contributed by atoms with E-state index in [1.165, 1.54) is 25.1 Å². The second-order valence-electron chi connectivity index (χ2n) is 9.28. The monoisotopic (exact) mass is 488 g/mol. The molecule has 1 fully saturated rings. The van der Waals surface area contributed by atoms with Crippen LogP contribution in [0.1, 0.15) is 34.3 Å². The Balaban J connectivity index is 2.07. The first-order valence-corrected chi connectivity index (χ1v) is 10.6. The second-order valence-corrected chi connectivity index (χ2v) is 9.28. The molecule has 1 aromatic rings. The van der Waals surface area contributed by atoms with Crippen LogP contribution in [0.2, 0.25) is 0 Å². The summed E-state index contributed by atoms with van der Waals surface area (Å²) >= 11 is 0. The minimum absolute atomic E-state index is 0.220. The Bertz CT molecular complexity index is 1280. The zero-order valence-corrected chi connectivity index (χ0v) is 18.9. The van der Waals surface area contributed by atoms with Gasteiger partial charge in [0.25, 0.3) is 5.91 Å². The standard InChI is InChI=1S/C23H24N2O10/c1-6-7-4-5-8(22(33)34)15(26)10(7)16(27)11-9(6)17(28)13-14(25(2)3)18(29)12(21(24)32)20(31)23(13,35)19(11)30/h4-6,9,13-14,17,26-28,31,35H,1-3H3,(H2,24,32)(H,33,34)/t6?,9?,13?,14-,17-,23-/m0/s1. The Labute approximate surface area is 198 Å². The van der Waals surface area contributed by atoms with Crippen molar-refractivity contribution in [3.8, 4) is 5.75 Å². The van der Waals surface area contributed by atoms with Gasteiger partial charge in [0.1, 0.15) is 28.4 Å². The number of aromatic hydroxyl groups is 1. The largest absolute Gasteiger partial charge is 0.508 e. The number of ketones is 2. The lowest BCUT2D eigenvalue weighted by Crippen LogP contribution is -2.70. The lowest BCUT2D eigenvalue weighted by atomic mass is 9.54. The summed E-state index contributed by atoms with van der Waals surface area (Å²) < 4.78 is 0. The maximum Gasteiger partial charge on any atom is 0.339 e. The number of carboxylic acid groups (broad SMARTS) is 1. The summed E-state index contributed by atoms with van der Waals surface area (Å²) in [6.45, 7) is 1.55. The number of aliphatic hydroxyl groups is 4. The Hall–Kier alpha value is -3.74. The van der Waals surface area contributed by atoms with Crippen molar-refractivity contribution in [1.82, 2.24) is 4.90 Å². The zero-order chi connectivity index (χ0) is 26.3. The highest BCUT2D eigenvalue weighted by Crippen LogP contribution is 2.56. The average molecular weight is 488 g/mol. The van der Waals surface area contributed by atoms with Gasteiger partial charge >= 0.3 is 5.97 Å². The molecule has 1 amide bonds. The van der Waals surface area contributed by atoms with E-state index < -0.39 is 92.9 Å². The van der Waals surface area contributed by atoms with E-state index in [0.717, 1.165) is 6.07 Å². The molecular weight excluding hydrogens is 464 g/mol. The third-order valence-corrected chi connectivity index (χ3v) is 7.36. The Morgan fingerprint density at radius 2 is 1.71 bits per heavy atom. The molecule has 1 aromatic carbocycles. The normalized spacial score (nSPS) is 32.3. The average Bonchev–Trinajstić information content (AvgIpc) is 2.75. The number of nitrogens with zero attached hydrogens (tertiary/aromatic N) is 1. The van der Waals surface area contributed by atoms with E-state index in [0.29, 0.717) is 0 Å². The van der Waals surface area contributed by atoms with Gasteiger partial charge in [-0.25, -0.2) is 4.79 Å². The summed E-state index contributed by atoms with van der Waals surface area (Å²) in [6.07, 6.45) is -1.72. The summed E-state index contributed by atoms with van der Waals surface area (Å²) in [7, 11) is 2.82. The van der Waals surface area contributed by atoms with Gasteiger partial charge in [-0.15, -0.1) is 0 Å². The Morgan fingerprint density at radius 1 is 1.11 bits per heavy atom. The molecule has 0 heterocycles. The third-order valence-electron chi connectivity index (χ3n) is 7.36. The first kappa shape index (κ1) is 24.4. The topological polar surface area (TPSA) is 219 Å². The molecule has 0 aliphatic heterocycles. The van der Waals surface area contributed by atoms with Crippen molar-refractivity contribution in [2.24, 2.45) is 17.6 Å². The van der Waals surface area contributed by atoms with Crippen LogP contribution in [-0.2, 0) is 14.4 Å². The number of aliphatic hydroxyl groups excluding tert-OH is 3. The number of hydrogen-bond acceptors (Lipinski definition) is 10. The van der Waals surface area contributed by atoms with E-state index >= 15 is 0 Å². The fraction of sp³-hybridized carbons (Fsp3) is 0.391. The molecule has 12 nitrogen and oxygen atoms in total. The number of amides is 1. The number of rotatable bonds is 3. The second kappa shape index (κ2) is 7.63. The highest BCUT2D eigenvalue weighted by atomic mass is 16.4. The molecule has 0 aromatic heterocycles. The number of primary amides is 1. The number of fused-ring (bicyclic) bond motifs is 3. The minimum Gasteiger partial charge on any atom is -0.508 e. The van der Waals surface area contributed by atoms with Gasteiger partial charge in [-0.1, -0.05) is 13.0 Å². The van der Waals surface area contributed by atoms with Crippen LogP contribution in [0, 0.1) is 11.8 Å². The summed E-state index contributed by atoms with van der Waals surface area (Å²) in [5.41, 5.74) is -0.0870. The number of phenols is 1. The summed E-state index contributed by atoms with van der Waals surface area (Å²) in [4.78, 5) is 51.6. The van der Waals surface area contributed by atoms with Crippen molar-refractivity contribution >= 4 is 29.2 Å². The molecule has 0 radical (unpaired) electrons. The van der Waals surface area contributed by atoms with Crippen molar-refractivity contribution in [1.29, 1.82) is 0 Å². The molecule has 0 saturated heterocycles. The number of nitrogens with two attached hydrogens (primary N) is 1. The lowest BCUT2D eigenvalue weighted by molar-refractivity contribution is -0.169. The van der Waals surface area contributed by atoms with Gasteiger partial charge in [0.05, 0.1) is 23.6 Å². The number of likely N-dealkylation sites (N-methyl/N-ethyl adjacent to an activating group) is 1. The molecule has 4 rings (SSSR count). The van der Waals surface area contributed by atoms with Crippen molar-refractivity contribution < 1.29 is 49.8 Å². The van der Waals surface area contributed by atoms with Crippen LogP contribution in [0.3, 0.4) is 0 Å². The van der Waals surface area contributed by atoms with E-state index in [-0.39, 0.29) is 11.1 Å². The maximum atomic E-state index is 13.8. The van der Waals surface area contributed by atoms with Crippen LogP contribution in [-0.4, -0.2) is 90.8 Å². The number of Topliss-reactive ketones (excluding diaryl/α,β-unsaturated/α-hetero) is 2. The van der Waals surface area contributed by atoms with Crippen molar-refractivity contribution in [3.05, 3.63) is 45.7 Å². The van der Waals surface area contributed by atoms with Crippen molar-refractivity contribution in [2.75, 3.05) is 14.1 Å². The summed E-state index contributed by atoms with van der Waals surface area (Å²) in [6, 6.07) is 0.989. The van der Waals surface area contributed by atoms with Gasteiger partial charge in [0, 0.05) is 11.5 Å². The van der Waals surface area contributed by atoms with E-state index in [9.17, 15) is 49.8 Å². The number of carbonyl (C=O) groups is 4. The van der Waals surface area contributed by atoms with Crippen LogP contribution in [0.25, 0.3) is 5.76 Å². The number of carboxylic acids is 1. The van der Waals surface area contributed by atoms with Gasteiger partial charge in [0.2, 0.25) is 5.78 Å². The fourth-order valence-electron chi connectivity index (χ4n) is 5.79. The van der Waals surface area contributed by atoms with E-state index in [4.69, 9.17) is 5.73 Å². The van der Waals surface area contributed by atoms with Crippen LogP contribution in [0.4, 0.5) is 0 Å². The third kappa shape index (κ3) is 2.90. The summed E-state index contributed by atoms with van der Waals surface area (Å²) in [5, 5.41) is 64.7. The van der Waals surface area contributed by atoms with Crippen LogP contribution >= 0.6 is 0 Å². The predicted octanol–water partition coefficient (Wildman–Crippen LogP) is -0.806. The Morgan fingerprint density at radius 3 is 2.23 bits per heavy atom. The lowest BCUT2D eigenvalue weighted by Gasteiger charge is -2.53. The van der Waals surface area contributed by atoms with E-state index in [1.54, 1.807) is 6.92 Å². The summed E-state index contributed by atoms with van der Waals surface area (Å²) in [5.74, 6) is -12.0. The molecule has 35 heavy (non-hydrogen) atoms. The van der Waals surface area contributed by atoms with E-state index in [2.05, 4.69) is 0 Å². The number of aromatic carboxylic acids is 1. The highest BCUT2D eigenvalue weighted by Gasteiger charge is 2.68. The molecule has 3 aliphatic carbocycles.